The van der Waals surface area contributed by atoms with E-state index in [9.17, 15) is 43.2 Å². The van der Waals surface area contributed by atoms with Crippen LogP contribution in [0, 0.1) is 17.8 Å². The maximum absolute atomic E-state index is 13.0. The highest BCUT2D eigenvalue weighted by atomic mass is 31.2. The second-order valence-electron chi connectivity index (χ2n) is 25.2. The van der Waals surface area contributed by atoms with Crippen molar-refractivity contribution in [3.63, 3.8) is 0 Å². The van der Waals surface area contributed by atoms with Gasteiger partial charge in [-0.3, -0.25) is 37.3 Å². The van der Waals surface area contributed by atoms with Gasteiger partial charge >= 0.3 is 39.5 Å². The van der Waals surface area contributed by atoms with Crippen molar-refractivity contribution in [3.05, 3.63) is 0 Å². The molecule has 0 aromatic heterocycles. The van der Waals surface area contributed by atoms with Crippen molar-refractivity contribution in [2.24, 2.45) is 17.8 Å². The molecule has 0 aromatic rings. The number of esters is 4. The van der Waals surface area contributed by atoms with Gasteiger partial charge in [-0.25, -0.2) is 9.13 Å². The molecule has 0 spiro atoms. The molecule has 510 valence electrons. The van der Waals surface area contributed by atoms with Crippen molar-refractivity contribution in [2.45, 2.75) is 349 Å². The van der Waals surface area contributed by atoms with E-state index in [1.165, 1.54) is 141 Å². The first-order valence-electron chi connectivity index (χ1n) is 34.9. The number of hydrogen-bond donors (Lipinski definition) is 3. The highest BCUT2D eigenvalue weighted by Crippen LogP contribution is 2.45. The van der Waals surface area contributed by atoms with Gasteiger partial charge in [-0.15, -0.1) is 0 Å². The van der Waals surface area contributed by atoms with Crippen LogP contribution in [0.15, 0.2) is 0 Å². The van der Waals surface area contributed by atoms with E-state index in [-0.39, 0.29) is 25.7 Å². The molecule has 0 aromatic carbocycles. The summed E-state index contributed by atoms with van der Waals surface area (Å²) in [6, 6.07) is 0. The number of carbonyl (C=O) groups is 4. The summed E-state index contributed by atoms with van der Waals surface area (Å²) in [4.78, 5) is 72.4. The van der Waals surface area contributed by atoms with E-state index < -0.39 is 97.5 Å². The number of phosphoric ester groups is 2. The zero-order chi connectivity index (χ0) is 63.8. The molecule has 7 atom stereocenters. The lowest BCUT2D eigenvalue weighted by molar-refractivity contribution is -0.161. The molecular formula is C67H130O17P2. The van der Waals surface area contributed by atoms with Crippen LogP contribution in [0.1, 0.15) is 331 Å². The molecule has 0 radical (unpaired) electrons. The summed E-state index contributed by atoms with van der Waals surface area (Å²) in [7, 11) is -9.89. The van der Waals surface area contributed by atoms with Crippen LogP contribution in [0.25, 0.3) is 0 Å². The number of phosphoric acid groups is 2. The molecule has 17 nitrogen and oxygen atoms in total. The zero-order valence-electron chi connectivity index (χ0n) is 55.8. The molecule has 0 fully saturated rings. The molecular weight excluding hydrogens is 1140 g/mol. The van der Waals surface area contributed by atoms with Gasteiger partial charge in [0.25, 0.3) is 0 Å². The fourth-order valence-electron chi connectivity index (χ4n) is 9.95. The molecule has 3 N–H and O–H groups in total. The van der Waals surface area contributed by atoms with Crippen LogP contribution < -0.4 is 0 Å². The number of unbranched alkanes of at least 4 members (excludes halogenated alkanes) is 31. The molecule has 19 heteroatoms. The molecule has 0 bridgehead atoms. The van der Waals surface area contributed by atoms with Crippen LogP contribution in [0.4, 0.5) is 0 Å². The molecule has 0 rings (SSSR count). The molecule has 4 unspecified atom stereocenters. The van der Waals surface area contributed by atoms with Gasteiger partial charge in [0.1, 0.15) is 19.3 Å². The van der Waals surface area contributed by atoms with Crippen molar-refractivity contribution in [2.75, 3.05) is 39.6 Å². The Morgan fingerprint density at radius 1 is 0.337 bits per heavy atom. The number of ether oxygens (including phenoxy) is 4. The van der Waals surface area contributed by atoms with Gasteiger partial charge in [0.2, 0.25) is 0 Å². The third kappa shape index (κ3) is 58.4. The lowest BCUT2D eigenvalue weighted by Gasteiger charge is -2.21. The van der Waals surface area contributed by atoms with Crippen molar-refractivity contribution in [3.8, 4) is 0 Å². The van der Waals surface area contributed by atoms with Crippen molar-refractivity contribution < 1.29 is 80.2 Å². The maximum atomic E-state index is 13.0. The summed E-state index contributed by atoms with van der Waals surface area (Å²) in [6.45, 7) is 11.8. The lowest BCUT2D eigenvalue weighted by atomic mass is 9.99. The maximum Gasteiger partial charge on any atom is 0.472 e. The van der Waals surface area contributed by atoms with E-state index in [0.29, 0.717) is 31.6 Å². The second kappa shape index (κ2) is 58.2. The average molecular weight is 1270 g/mol. The van der Waals surface area contributed by atoms with E-state index in [4.69, 9.17) is 37.0 Å². The van der Waals surface area contributed by atoms with Gasteiger partial charge in [-0.05, 0) is 43.4 Å². The van der Waals surface area contributed by atoms with E-state index in [2.05, 4.69) is 48.5 Å². The first kappa shape index (κ1) is 84.1. The van der Waals surface area contributed by atoms with Gasteiger partial charge in [0, 0.05) is 25.7 Å². The quantitative estimate of drug-likeness (QED) is 0.0222. The SMILES string of the molecule is CCCCCCCCCCCCC(=O)OC[C@H](COP(=O)(O)OC[C@H](O)COP(=O)(O)OC[C@@H](COC(=O)CCCCCCCCCCC(C)CC)OC(=O)CCCCCCCCCCCCC(C)CC)OC(=O)CCCCCCCCCC(C)C. The number of aliphatic hydroxyl groups excluding tert-OH is 1. The minimum Gasteiger partial charge on any atom is -0.462 e. The number of hydrogen-bond acceptors (Lipinski definition) is 15. The Morgan fingerprint density at radius 2 is 0.593 bits per heavy atom. The van der Waals surface area contributed by atoms with Crippen LogP contribution in [0.2, 0.25) is 0 Å². The fraction of sp³-hybridized carbons (Fsp3) is 0.940. The number of carbonyl (C=O) groups excluding carboxylic acids is 4. The second-order valence-corrected chi connectivity index (χ2v) is 28.1. The smallest absolute Gasteiger partial charge is 0.462 e. The Balaban J connectivity index is 5.26. The van der Waals surface area contributed by atoms with Gasteiger partial charge in [-0.1, -0.05) is 280 Å². The van der Waals surface area contributed by atoms with Crippen molar-refractivity contribution in [1.29, 1.82) is 0 Å². The van der Waals surface area contributed by atoms with E-state index in [1.54, 1.807) is 0 Å². The minimum absolute atomic E-state index is 0.103. The van der Waals surface area contributed by atoms with Gasteiger partial charge < -0.3 is 33.8 Å². The Bertz CT molecular complexity index is 1700. The zero-order valence-corrected chi connectivity index (χ0v) is 57.6. The molecule has 0 saturated heterocycles. The monoisotopic (exact) mass is 1270 g/mol. The average Bonchev–Trinajstić information content (AvgIpc) is 3.70. The number of aliphatic hydroxyl groups is 1. The molecule has 0 saturated carbocycles. The third-order valence-corrected chi connectivity index (χ3v) is 18.0. The van der Waals surface area contributed by atoms with Crippen molar-refractivity contribution in [1.82, 2.24) is 0 Å². The van der Waals surface area contributed by atoms with Gasteiger partial charge in [0.05, 0.1) is 26.4 Å². The standard InChI is InChI=1S/C67H130O17P2/c1-8-11-12-13-14-15-19-27-34-41-48-64(69)77-55-63(84-67(72)51-44-37-30-23-24-31-38-45-58(4)5)57-82-86(75,76)80-53-61(68)52-79-85(73,74)81-56-62(54-78-65(70)49-42-35-28-22-21-26-33-40-47-60(7)10-3)83-66(71)50-43-36-29-20-17-16-18-25-32-39-46-59(6)9-2/h58-63,68H,8-57H2,1-7H3,(H,73,74)(H,75,76)/t59?,60?,61-,62-,63-/m1/s1. The molecule has 0 amide bonds. The summed E-state index contributed by atoms with van der Waals surface area (Å²) in [5.41, 5.74) is 0. The number of rotatable bonds is 65. The molecule has 0 aliphatic rings. The Morgan fingerprint density at radius 3 is 0.884 bits per heavy atom. The van der Waals surface area contributed by atoms with E-state index in [0.717, 1.165) is 102 Å². The Hall–Kier alpha value is -1.94. The van der Waals surface area contributed by atoms with Crippen molar-refractivity contribution >= 4 is 39.5 Å². The largest absolute Gasteiger partial charge is 0.472 e. The van der Waals surface area contributed by atoms with Crippen LogP contribution in [0.3, 0.4) is 0 Å². The van der Waals surface area contributed by atoms with Crippen LogP contribution >= 0.6 is 15.6 Å². The van der Waals surface area contributed by atoms with Crippen LogP contribution in [-0.4, -0.2) is 96.7 Å². The predicted octanol–water partition coefficient (Wildman–Crippen LogP) is 18.7. The van der Waals surface area contributed by atoms with Crippen LogP contribution in [-0.2, 0) is 65.4 Å². The minimum atomic E-state index is -4.95. The van der Waals surface area contributed by atoms with Gasteiger partial charge in [-0.2, -0.15) is 0 Å². The topological polar surface area (TPSA) is 237 Å². The highest BCUT2D eigenvalue weighted by molar-refractivity contribution is 7.47. The predicted molar refractivity (Wildman–Crippen MR) is 344 cm³/mol. The summed E-state index contributed by atoms with van der Waals surface area (Å²) in [6.07, 6.45) is 40.2. The summed E-state index contributed by atoms with van der Waals surface area (Å²) >= 11 is 0. The lowest BCUT2D eigenvalue weighted by Crippen LogP contribution is -2.30. The fourth-order valence-corrected chi connectivity index (χ4v) is 11.5. The summed E-state index contributed by atoms with van der Waals surface area (Å²) in [5, 5.41) is 10.6. The van der Waals surface area contributed by atoms with E-state index >= 15 is 0 Å². The highest BCUT2D eigenvalue weighted by Gasteiger charge is 2.30. The first-order valence-corrected chi connectivity index (χ1v) is 37.9. The first-order chi connectivity index (χ1) is 41.3. The molecule has 0 aliphatic heterocycles. The Labute approximate surface area is 524 Å². The molecule has 86 heavy (non-hydrogen) atoms. The van der Waals surface area contributed by atoms with Gasteiger partial charge in [0.15, 0.2) is 12.2 Å². The molecule has 0 aliphatic carbocycles. The third-order valence-electron chi connectivity index (χ3n) is 16.1. The summed E-state index contributed by atoms with van der Waals surface area (Å²) in [5.74, 6) is 0.143. The Kier molecular flexibility index (Phi) is 56.9. The van der Waals surface area contributed by atoms with Crippen LogP contribution in [0.5, 0.6) is 0 Å². The summed E-state index contributed by atoms with van der Waals surface area (Å²) < 4.78 is 68.1. The normalized spacial score (nSPS) is 14.9. The van der Waals surface area contributed by atoms with E-state index in [1.807, 2.05) is 0 Å². The molecule has 0 heterocycles.